The largest absolute Gasteiger partial charge is 0.494 e. The molecule has 0 atom stereocenters. The summed E-state index contributed by atoms with van der Waals surface area (Å²) in [6.07, 6.45) is 7.67. The van der Waals surface area contributed by atoms with Gasteiger partial charge in [0.1, 0.15) is 23.1 Å². The first-order valence-corrected chi connectivity index (χ1v) is 12.9. The highest BCUT2D eigenvalue weighted by atomic mass is 19.1. The molecule has 0 saturated heterocycles. The number of halogens is 2. The van der Waals surface area contributed by atoms with Crippen LogP contribution in [0.5, 0.6) is 11.5 Å². The molecule has 3 nitrogen and oxygen atoms in total. The van der Waals surface area contributed by atoms with Crippen molar-refractivity contribution in [1.29, 1.82) is 5.26 Å². The fourth-order valence-corrected chi connectivity index (χ4v) is 4.30. The third kappa shape index (κ3) is 7.79. The zero-order valence-electron chi connectivity index (χ0n) is 20.9. The lowest BCUT2D eigenvalue weighted by molar-refractivity contribution is 0.299. The van der Waals surface area contributed by atoms with Crippen molar-refractivity contribution in [3.8, 4) is 28.7 Å². The molecule has 190 valence electrons. The molecule has 5 heteroatoms. The molecule has 4 rings (SSSR count). The number of nitrogens with zero attached hydrogens (tertiary/aromatic N) is 1. The average molecular weight is 500 g/mol. The smallest absolute Gasteiger partial charge is 0.134 e. The zero-order chi connectivity index (χ0) is 25.9. The Morgan fingerprint density at radius 2 is 1.16 bits per heavy atom. The summed E-state index contributed by atoms with van der Waals surface area (Å²) in [5, 5.41) is 11.1. The second kappa shape index (κ2) is 13.4. The third-order valence-electron chi connectivity index (χ3n) is 6.36. The first kappa shape index (κ1) is 26.2. The van der Waals surface area contributed by atoms with Gasteiger partial charge in [0.15, 0.2) is 0 Å². The van der Waals surface area contributed by atoms with Crippen molar-refractivity contribution in [2.45, 2.75) is 44.9 Å². The predicted molar refractivity (Wildman–Crippen MR) is 144 cm³/mol. The number of fused-ring (bicyclic) bond motifs is 1. The van der Waals surface area contributed by atoms with Crippen LogP contribution in [0.15, 0.2) is 78.9 Å². The Labute approximate surface area is 217 Å². The SMILES string of the molecule is N#Cc1ccc2cc(OCCCCCCCCCOc3ccc(-c4ccc(F)cc4)c(F)c3)ccc2c1. The molecule has 0 heterocycles. The van der Waals surface area contributed by atoms with Gasteiger partial charge in [-0.05, 0) is 77.7 Å². The highest BCUT2D eigenvalue weighted by Gasteiger charge is 2.07. The molecule has 0 spiro atoms. The van der Waals surface area contributed by atoms with Gasteiger partial charge in [-0.2, -0.15) is 5.26 Å². The quantitative estimate of drug-likeness (QED) is 0.173. The van der Waals surface area contributed by atoms with Gasteiger partial charge in [0, 0.05) is 11.6 Å². The van der Waals surface area contributed by atoms with Crippen molar-refractivity contribution in [3.63, 3.8) is 0 Å². The van der Waals surface area contributed by atoms with Gasteiger partial charge in [0.25, 0.3) is 0 Å². The van der Waals surface area contributed by atoms with Crippen molar-refractivity contribution in [3.05, 3.63) is 96.1 Å². The first-order valence-electron chi connectivity index (χ1n) is 12.9. The Kier molecular flexibility index (Phi) is 9.48. The molecule has 0 unspecified atom stereocenters. The van der Waals surface area contributed by atoms with Crippen LogP contribution in [0.3, 0.4) is 0 Å². The number of hydrogen-bond donors (Lipinski definition) is 0. The summed E-state index contributed by atoms with van der Waals surface area (Å²) in [6.45, 7) is 1.26. The average Bonchev–Trinajstić information content (AvgIpc) is 2.92. The normalized spacial score (nSPS) is 10.8. The first-order chi connectivity index (χ1) is 18.1. The molecule has 4 aromatic carbocycles. The lowest BCUT2D eigenvalue weighted by Crippen LogP contribution is -1.98. The monoisotopic (exact) mass is 499 g/mol. The number of hydrogen-bond acceptors (Lipinski definition) is 3. The molecule has 0 aliphatic carbocycles. The number of unbranched alkanes of at least 4 members (excludes halogenated alkanes) is 6. The summed E-state index contributed by atoms with van der Waals surface area (Å²) < 4.78 is 39.1. The van der Waals surface area contributed by atoms with Crippen LogP contribution in [-0.4, -0.2) is 13.2 Å². The van der Waals surface area contributed by atoms with Crippen LogP contribution in [-0.2, 0) is 0 Å². The van der Waals surface area contributed by atoms with E-state index < -0.39 is 0 Å². The molecule has 0 radical (unpaired) electrons. The number of nitriles is 1. The van der Waals surface area contributed by atoms with E-state index in [0.29, 0.717) is 35.7 Å². The standard InChI is InChI=1S/C32H31F2NO2/c33-28-13-10-25(11-14-28)31-17-16-30(22-32(31)34)37-19-7-5-3-1-2-4-6-18-36-29-15-12-26-20-24(23-35)8-9-27(26)21-29/h8-17,20-22H,1-7,18-19H2. The molecular weight excluding hydrogens is 468 g/mol. The van der Waals surface area contributed by atoms with Crippen molar-refractivity contribution in [2.75, 3.05) is 13.2 Å². The Bertz CT molecular complexity index is 1350. The number of ether oxygens (including phenoxy) is 2. The summed E-state index contributed by atoms with van der Waals surface area (Å²) in [7, 11) is 0. The van der Waals surface area contributed by atoms with E-state index in [-0.39, 0.29) is 11.6 Å². The zero-order valence-corrected chi connectivity index (χ0v) is 20.9. The van der Waals surface area contributed by atoms with E-state index in [0.717, 1.165) is 48.6 Å². The molecule has 0 bridgehead atoms. The Hall–Kier alpha value is -3.91. The van der Waals surface area contributed by atoms with Gasteiger partial charge in [0.05, 0.1) is 24.8 Å². The molecule has 0 amide bonds. The van der Waals surface area contributed by atoms with Gasteiger partial charge in [-0.3, -0.25) is 0 Å². The predicted octanol–water partition coefficient (Wildman–Crippen LogP) is 8.85. The van der Waals surface area contributed by atoms with E-state index in [9.17, 15) is 8.78 Å². The second-order valence-corrected chi connectivity index (χ2v) is 9.16. The maximum absolute atomic E-state index is 14.4. The lowest BCUT2D eigenvalue weighted by Gasteiger charge is -2.09. The molecule has 0 N–H and O–H groups in total. The molecule has 0 aliphatic rings. The fraction of sp³-hybridized carbons (Fsp3) is 0.281. The van der Waals surface area contributed by atoms with Gasteiger partial charge < -0.3 is 9.47 Å². The molecule has 0 aliphatic heterocycles. The van der Waals surface area contributed by atoms with Gasteiger partial charge in [-0.25, -0.2) is 8.78 Å². The van der Waals surface area contributed by atoms with E-state index >= 15 is 0 Å². The lowest BCUT2D eigenvalue weighted by atomic mass is 10.1. The fourth-order valence-electron chi connectivity index (χ4n) is 4.30. The second-order valence-electron chi connectivity index (χ2n) is 9.16. The van der Waals surface area contributed by atoms with Crippen LogP contribution in [0.4, 0.5) is 8.78 Å². The van der Waals surface area contributed by atoms with Crippen LogP contribution in [0.25, 0.3) is 21.9 Å². The molecular formula is C32H31F2NO2. The maximum Gasteiger partial charge on any atom is 0.134 e. The molecule has 0 aromatic heterocycles. The Morgan fingerprint density at radius 1 is 0.595 bits per heavy atom. The summed E-state index contributed by atoms with van der Waals surface area (Å²) in [5.41, 5.74) is 1.74. The van der Waals surface area contributed by atoms with E-state index in [1.165, 1.54) is 31.0 Å². The molecule has 37 heavy (non-hydrogen) atoms. The van der Waals surface area contributed by atoms with Gasteiger partial charge >= 0.3 is 0 Å². The van der Waals surface area contributed by atoms with E-state index in [1.807, 2.05) is 36.4 Å². The highest BCUT2D eigenvalue weighted by molar-refractivity contribution is 5.85. The minimum atomic E-state index is -0.372. The number of benzene rings is 4. The molecule has 0 saturated carbocycles. The summed E-state index contributed by atoms with van der Waals surface area (Å²) in [4.78, 5) is 0. The summed E-state index contributed by atoms with van der Waals surface area (Å²) in [5.74, 6) is 0.666. The van der Waals surface area contributed by atoms with Crippen LogP contribution in [0.1, 0.15) is 50.5 Å². The summed E-state index contributed by atoms with van der Waals surface area (Å²) in [6, 6.07) is 24.4. The van der Waals surface area contributed by atoms with Crippen LogP contribution in [0.2, 0.25) is 0 Å². The molecule has 4 aromatic rings. The van der Waals surface area contributed by atoms with Crippen LogP contribution >= 0.6 is 0 Å². The Morgan fingerprint density at radius 3 is 1.81 bits per heavy atom. The van der Waals surface area contributed by atoms with Gasteiger partial charge in [0.2, 0.25) is 0 Å². The molecule has 0 fully saturated rings. The minimum absolute atomic E-state index is 0.340. The van der Waals surface area contributed by atoms with E-state index in [1.54, 1.807) is 24.3 Å². The van der Waals surface area contributed by atoms with Gasteiger partial charge in [-0.1, -0.05) is 56.4 Å². The van der Waals surface area contributed by atoms with Crippen molar-refractivity contribution in [1.82, 2.24) is 0 Å². The minimum Gasteiger partial charge on any atom is -0.494 e. The van der Waals surface area contributed by atoms with Crippen LogP contribution in [0, 0.1) is 23.0 Å². The summed E-state index contributed by atoms with van der Waals surface area (Å²) >= 11 is 0. The van der Waals surface area contributed by atoms with Crippen molar-refractivity contribution < 1.29 is 18.3 Å². The maximum atomic E-state index is 14.4. The highest BCUT2D eigenvalue weighted by Crippen LogP contribution is 2.27. The van der Waals surface area contributed by atoms with E-state index in [4.69, 9.17) is 14.7 Å². The number of rotatable bonds is 13. The van der Waals surface area contributed by atoms with Gasteiger partial charge in [-0.15, -0.1) is 0 Å². The topological polar surface area (TPSA) is 42.2 Å². The Balaban J connectivity index is 1.04. The van der Waals surface area contributed by atoms with Crippen molar-refractivity contribution in [2.24, 2.45) is 0 Å². The van der Waals surface area contributed by atoms with E-state index in [2.05, 4.69) is 6.07 Å². The third-order valence-corrected chi connectivity index (χ3v) is 6.36. The van der Waals surface area contributed by atoms with Crippen LogP contribution < -0.4 is 9.47 Å². The van der Waals surface area contributed by atoms with Crippen molar-refractivity contribution >= 4 is 10.8 Å².